The molecule has 0 fully saturated rings. The van der Waals surface area contributed by atoms with Crippen LogP contribution in [-0.4, -0.2) is 24.3 Å². The molecule has 0 aliphatic carbocycles. The van der Waals surface area contributed by atoms with Crippen LogP contribution in [0.3, 0.4) is 0 Å². The second-order valence-electron chi connectivity index (χ2n) is 12.1. The molecule has 7 nitrogen and oxygen atoms in total. The molecule has 9 rings (SSSR count). The summed E-state index contributed by atoms with van der Waals surface area (Å²) in [5.41, 5.74) is 7.44. The SMILES string of the molecule is [2H]C([2H])([2H])c1ccnc(-n2c3[c-]c(Oc4[c-]c(-c5nncn5-c5c(-c6ccccc6)cccc5-c5ccccc5)cc([N+]#[C-])c4)ccc3c3ccccc32)c1.[Pt+2]. The Morgan fingerprint density at radius 1 is 0.736 bits per heavy atom. The van der Waals surface area contributed by atoms with Crippen molar-refractivity contribution >= 4 is 27.5 Å². The number of rotatable bonds is 7. The van der Waals surface area contributed by atoms with Crippen molar-refractivity contribution < 1.29 is 29.9 Å². The minimum absolute atomic E-state index is 0. The van der Waals surface area contributed by atoms with Gasteiger partial charge in [-0.2, -0.15) is 11.2 Å². The smallest absolute Gasteiger partial charge is 0.504 e. The van der Waals surface area contributed by atoms with E-state index < -0.39 is 6.85 Å². The summed E-state index contributed by atoms with van der Waals surface area (Å²) >= 11 is 0. The first-order valence-electron chi connectivity index (χ1n) is 18.1. The van der Waals surface area contributed by atoms with Crippen molar-refractivity contribution in [3.05, 3.63) is 181 Å². The van der Waals surface area contributed by atoms with Crippen LogP contribution < -0.4 is 4.74 Å². The predicted molar refractivity (Wildman–Crippen MR) is 205 cm³/mol. The Balaban J connectivity index is 0.00000441. The Morgan fingerprint density at radius 3 is 2.21 bits per heavy atom. The van der Waals surface area contributed by atoms with E-state index in [0.29, 0.717) is 39.9 Å². The molecule has 8 heteroatoms. The maximum atomic E-state index is 7.98. The van der Waals surface area contributed by atoms with Gasteiger partial charge in [-0.05, 0) is 47.1 Å². The van der Waals surface area contributed by atoms with Crippen LogP contribution in [-0.2, 0) is 21.1 Å². The first-order chi connectivity index (χ1) is 26.9. The number of nitrogens with zero attached hydrogens (tertiary/aromatic N) is 6. The average Bonchev–Trinajstić information content (AvgIpc) is 3.84. The van der Waals surface area contributed by atoms with Crippen LogP contribution in [0.2, 0.25) is 0 Å². The van der Waals surface area contributed by atoms with Gasteiger partial charge in [0.2, 0.25) is 0 Å². The Bertz CT molecular complexity index is 2860. The average molecular weight is 867 g/mol. The van der Waals surface area contributed by atoms with Gasteiger partial charge in [0.05, 0.1) is 18.1 Å². The molecule has 9 aromatic rings. The molecule has 0 radical (unpaired) electrons. The number of pyridine rings is 1. The van der Waals surface area contributed by atoms with Gasteiger partial charge in [0.15, 0.2) is 0 Å². The summed E-state index contributed by atoms with van der Waals surface area (Å²) in [6.45, 7) is 5.66. The standard InChI is InChI=1S/C45H28N6O.Pt/c1-30-22-23-47-43(24-30)51-41-19-10-9-16-39(41)40-21-20-35(28-42(40)51)52-36-26-33(25-34(27-36)46-2)45-49-48-29-50(45)44-37(31-12-5-3-6-13-31)17-11-18-38(44)32-14-7-4-8-15-32;/h3-25,27,29H,1H3;/q-2;+2/i1D3;. The van der Waals surface area contributed by atoms with Gasteiger partial charge in [0.25, 0.3) is 0 Å². The zero-order valence-corrected chi connectivity index (χ0v) is 30.1. The number of fused-ring (bicyclic) bond motifs is 3. The Hall–Kier alpha value is -6.61. The summed E-state index contributed by atoms with van der Waals surface area (Å²) in [5.74, 6) is 1.59. The third-order valence-corrected chi connectivity index (χ3v) is 8.94. The van der Waals surface area contributed by atoms with Crippen LogP contribution in [0.25, 0.3) is 71.8 Å². The molecule has 3 aromatic heterocycles. The summed E-state index contributed by atoms with van der Waals surface area (Å²) < 4.78 is 34.2. The van der Waals surface area contributed by atoms with Crippen molar-refractivity contribution in [1.82, 2.24) is 24.3 Å². The first kappa shape index (κ1) is 30.1. The quantitative estimate of drug-likeness (QED) is 0.150. The van der Waals surface area contributed by atoms with Gasteiger partial charge < -0.3 is 13.9 Å². The molecular weight excluding hydrogens is 836 g/mol. The number of hydrogen-bond donors (Lipinski definition) is 0. The fourth-order valence-corrected chi connectivity index (χ4v) is 6.69. The van der Waals surface area contributed by atoms with Crippen molar-refractivity contribution in [1.29, 1.82) is 0 Å². The third kappa shape index (κ3) is 6.20. The number of aryl methyl sites for hydroxylation is 1. The van der Waals surface area contributed by atoms with Crippen LogP contribution in [0.15, 0.2) is 152 Å². The molecule has 0 aliphatic heterocycles. The van der Waals surface area contributed by atoms with Crippen LogP contribution in [0.4, 0.5) is 5.69 Å². The fraction of sp³-hybridized carbons (Fsp3) is 0.0222. The molecule has 0 bridgehead atoms. The van der Waals surface area contributed by atoms with Gasteiger partial charge >= 0.3 is 21.1 Å². The largest absolute Gasteiger partial charge is 2.00 e. The van der Waals surface area contributed by atoms with E-state index >= 15 is 0 Å². The molecule has 53 heavy (non-hydrogen) atoms. The van der Waals surface area contributed by atoms with Crippen molar-refractivity contribution in [2.24, 2.45) is 0 Å². The normalized spacial score (nSPS) is 12.0. The van der Waals surface area contributed by atoms with Gasteiger partial charge in [-0.15, -0.1) is 34.2 Å². The number of aromatic nitrogens is 5. The van der Waals surface area contributed by atoms with Gasteiger partial charge in [-0.3, -0.25) is 4.85 Å². The van der Waals surface area contributed by atoms with Gasteiger partial charge in [-0.1, -0.05) is 115 Å². The van der Waals surface area contributed by atoms with E-state index in [1.54, 1.807) is 24.5 Å². The molecule has 254 valence electrons. The monoisotopic (exact) mass is 866 g/mol. The summed E-state index contributed by atoms with van der Waals surface area (Å²) in [6.07, 6.45) is 3.18. The van der Waals surface area contributed by atoms with Crippen LogP contribution >= 0.6 is 0 Å². The van der Waals surface area contributed by atoms with E-state index in [-0.39, 0.29) is 26.6 Å². The zero-order chi connectivity index (χ0) is 37.5. The molecule has 0 unspecified atom stereocenters. The Kier molecular flexibility index (Phi) is 8.05. The first-order valence-corrected chi connectivity index (χ1v) is 16.6. The molecule has 0 saturated carbocycles. The van der Waals surface area contributed by atoms with Gasteiger partial charge in [0, 0.05) is 38.5 Å². The predicted octanol–water partition coefficient (Wildman–Crippen LogP) is 11.0. The maximum absolute atomic E-state index is 7.98. The Labute approximate surface area is 325 Å². The summed E-state index contributed by atoms with van der Waals surface area (Å²) in [5, 5.41) is 10.8. The molecule has 0 atom stereocenters. The molecule has 0 amide bonds. The van der Waals surface area contributed by atoms with E-state index in [1.807, 2.05) is 88.0 Å². The molecule has 0 aliphatic rings. The van der Waals surface area contributed by atoms with Crippen LogP contribution in [0.5, 0.6) is 11.5 Å². The third-order valence-electron chi connectivity index (χ3n) is 8.94. The van der Waals surface area contributed by atoms with E-state index in [2.05, 4.69) is 68.6 Å². The van der Waals surface area contributed by atoms with Crippen molar-refractivity contribution in [3.8, 4) is 56.6 Å². The molecule has 3 heterocycles. The summed E-state index contributed by atoms with van der Waals surface area (Å²) in [4.78, 5) is 8.31. The van der Waals surface area contributed by atoms with E-state index in [9.17, 15) is 0 Å². The topological polar surface area (TPSA) is 62.1 Å². The second-order valence-corrected chi connectivity index (χ2v) is 12.1. The second kappa shape index (κ2) is 14.2. The molecular formula is C45H28N6OPt. The van der Waals surface area contributed by atoms with E-state index in [4.69, 9.17) is 15.4 Å². The summed E-state index contributed by atoms with van der Waals surface area (Å²) in [6, 6.07) is 51.3. The minimum Gasteiger partial charge on any atom is -0.504 e. The zero-order valence-electron chi connectivity index (χ0n) is 30.8. The number of hydrogen-bond acceptors (Lipinski definition) is 4. The van der Waals surface area contributed by atoms with E-state index in [1.165, 1.54) is 12.3 Å². The summed E-state index contributed by atoms with van der Waals surface area (Å²) in [7, 11) is 0. The molecule has 0 saturated heterocycles. The molecule has 6 aromatic carbocycles. The minimum atomic E-state index is -2.30. The van der Waals surface area contributed by atoms with Crippen molar-refractivity contribution in [2.75, 3.05) is 0 Å². The molecule has 0 spiro atoms. The number of para-hydroxylation sites is 2. The van der Waals surface area contributed by atoms with Crippen LogP contribution in [0.1, 0.15) is 9.68 Å². The van der Waals surface area contributed by atoms with Crippen molar-refractivity contribution in [2.45, 2.75) is 6.85 Å². The number of ether oxygens (including phenoxy) is 1. The molecule has 0 N–H and O–H groups in total. The maximum Gasteiger partial charge on any atom is 2.00 e. The Morgan fingerprint density at radius 2 is 1.47 bits per heavy atom. The van der Waals surface area contributed by atoms with Crippen LogP contribution in [0, 0.1) is 25.6 Å². The van der Waals surface area contributed by atoms with Gasteiger partial charge in [-0.25, -0.2) is 4.98 Å². The van der Waals surface area contributed by atoms with E-state index in [0.717, 1.165) is 44.2 Å². The van der Waals surface area contributed by atoms with Gasteiger partial charge in [0.1, 0.15) is 17.8 Å². The fourth-order valence-electron chi connectivity index (χ4n) is 6.69. The number of benzene rings is 6. The van der Waals surface area contributed by atoms with Crippen molar-refractivity contribution in [3.63, 3.8) is 0 Å².